The molecule has 24 heavy (non-hydrogen) atoms. The number of ether oxygens (including phenoxy) is 1. The number of amidine groups is 1. The van der Waals surface area contributed by atoms with E-state index in [9.17, 15) is 0 Å². The van der Waals surface area contributed by atoms with Crippen molar-refractivity contribution >= 4 is 23.1 Å². The monoisotopic (exact) mass is 349 g/mol. The molecule has 3 rings (SSSR count). The molecule has 1 saturated carbocycles. The van der Waals surface area contributed by atoms with E-state index in [0.29, 0.717) is 10.9 Å². The summed E-state index contributed by atoms with van der Waals surface area (Å²) >= 11 is 6.31. The van der Waals surface area contributed by atoms with Gasteiger partial charge >= 0.3 is 0 Å². The summed E-state index contributed by atoms with van der Waals surface area (Å²) in [5.41, 5.74) is 13.3. The minimum atomic E-state index is -0.872. The third-order valence-corrected chi connectivity index (χ3v) is 5.00. The lowest BCUT2D eigenvalue weighted by atomic mass is 9.82. The quantitative estimate of drug-likeness (QED) is 0.671. The molecule has 1 aromatic carbocycles. The highest BCUT2D eigenvalue weighted by Gasteiger charge is 2.38. The van der Waals surface area contributed by atoms with Crippen LogP contribution >= 0.6 is 11.6 Å². The van der Waals surface area contributed by atoms with Gasteiger partial charge in [0.1, 0.15) is 11.6 Å². The van der Waals surface area contributed by atoms with E-state index in [1.165, 1.54) is 0 Å². The Bertz CT molecular complexity index is 654. The van der Waals surface area contributed by atoms with Gasteiger partial charge in [0.15, 0.2) is 5.79 Å². The maximum Gasteiger partial charge on any atom is 0.187 e. The van der Waals surface area contributed by atoms with Crippen LogP contribution in [0.4, 0.5) is 5.69 Å². The lowest BCUT2D eigenvalue weighted by molar-refractivity contribution is 0.179. The minimum Gasteiger partial charge on any atom is -0.495 e. The zero-order valence-electron chi connectivity index (χ0n) is 13.8. The predicted molar refractivity (Wildman–Crippen MR) is 98.0 cm³/mol. The molecule has 6 N–H and O–H groups in total. The third kappa shape index (κ3) is 3.50. The molecule has 0 amide bonds. The summed E-state index contributed by atoms with van der Waals surface area (Å²) in [5, 5.41) is 6.87. The van der Waals surface area contributed by atoms with Gasteiger partial charge < -0.3 is 21.1 Å². The molecule has 130 valence electrons. The van der Waals surface area contributed by atoms with Crippen LogP contribution in [0, 0.1) is 5.92 Å². The van der Waals surface area contributed by atoms with E-state index >= 15 is 0 Å². The van der Waals surface area contributed by atoms with Gasteiger partial charge in [-0.1, -0.05) is 23.7 Å². The fourth-order valence-corrected chi connectivity index (χ4v) is 3.39. The largest absolute Gasteiger partial charge is 0.495 e. The lowest BCUT2D eigenvalue weighted by Gasteiger charge is -2.40. The molecule has 2 aliphatic rings. The molecule has 1 atom stereocenters. The van der Waals surface area contributed by atoms with Crippen molar-refractivity contribution in [1.29, 1.82) is 0 Å². The molecular formula is C17H24ClN5O. The standard InChI is InChI=1S/C17H24ClN5O/c1-24-15-5-3-2-4-14(15)22-16-13(18)10-21-17(20,23-16)11-6-8-12(19)9-7-11/h2-5,10-12,21H,6-9,19-20H2,1H3,(H,22,23)/t11-,12-,17?. The smallest absolute Gasteiger partial charge is 0.187 e. The van der Waals surface area contributed by atoms with Gasteiger partial charge in [0, 0.05) is 18.2 Å². The normalized spacial score (nSPS) is 30.0. The van der Waals surface area contributed by atoms with Gasteiger partial charge in [-0.25, -0.2) is 4.99 Å². The number of nitrogens with one attached hydrogen (secondary N) is 2. The number of nitrogens with zero attached hydrogens (tertiary/aromatic N) is 1. The first-order chi connectivity index (χ1) is 11.5. The van der Waals surface area contributed by atoms with Gasteiger partial charge in [0.25, 0.3) is 0 Å². The number of hydrogen-bond donors (Lipinski definition) is 4. The second-order valence-electron chi connectivity index (χ2n) is 6.36. The molecule has 1 heterocycles. The van der Waals surface area contributed by atoms with Crippen LogP contribution in [0.1, 0.15) is 25.7 Å². The zero-order chi connectivity index (χ0) is 17.2. The first-order valence-electron chi connectivity index (χ1n) is 8.20. The molecule has 7 heteroatoms. The van der Waals surface area contributed by atoms with Crippen molar-refractivity contribution in [2.45, 2.75) is 37.5 Å². The molecule has 1 fully saturated rings. The average Bonchev–Trinajstić information content (AvgIpc) is 2.59. The first kappa shape index (κ1) is 17.1. The summed E-state index contributed by atoms with van der Waals surface area (Å²) in [6, 6.07) is 7.88. The van der Waals surface area contributed by atoms with Crippen LogP contribution in [0.3, 0.4) is 0 Å². The van der Waals surface area contributed by atoms with E-state index in [-0.39, 0.29) is 12.0 Å². The Labute approximate surface area is 147 Å². The Balaban J connectivity index is 1.83. The second-order valence-corrected chi connectivity index (χ2v) is 6.77. The maximum atomic E-state index is 6.54. The molecule has 1 aliphatic heterocycles. The highest BCUT2D eigenvalue weighted by Crippen LogP contribution is 2.33. The number of anilines is 1. The molecule has 0 aromatic heterocycles. The molecule has 0 radical (unpaired) electrons. The van der Waals surface area contributed by atoms with Crippen molar-refractivity contribution < 1.29 is 4.74 Å². The number of nitrogens with two attached hydrogens (primary N) is 2. The van der Waals surface area contributed by atoms with E-state index in [2.05, 4.69) is 15.6 Å². The molecule has 1 aromatic rings. The van der Waals surface area contributed by atoms with Gasteiger partial charge in [-0.15, -0.1) is 0 Å². The van der Waals surface area contributed by atoms with Crippen LogP contribution in [-0.2, 0) is 0 Å². The number of aliphatic imine (C=N–C) groups is 1. The van der Waals surface area contributed by atoms with Gasteiger partial charge in [-0.05, 0) is 37.8 Å². The summed E-state index contributed by atoms with van der Waals surface area (Å²) in [6.07, 6.45) is 5.53. The molecule has 1 unspecified atom stereocenters. The summed E-state index contributed by atoms with van der Waals surface area (Å²) in [4.78, 5) is 4.69. The van der Waals surface area contributed by atoms with Crippen molar-refractivity contribution in [2.75, 3.05) is 12.4 Å². The van der Waals surface area contributed by atoms with Gasteiger partial charge in [-0.3, -0.25) is 5.73 Å². The highest BCUT2D eigenvalue weighted by molar-refractivity contribution is 6.45. The zero-order valence-corrected chi connectivity index (χ0v) is 14.5. The molecule has 0 spiro atoms. The summed E-state index contributed by atoms with van der Waals surface area (Å²) in [7, 11) is 1.63. The van der Waals surface area contributed by atoms with E-state index in [1.807, 2.05) is 24.3 Å². The van der Waals surface area contributed by atoms with Gasteiger partial charge in [-0.2, -0.15) is 0 Å². The summed E-state index contributed by atoms with van der Waals surface area (Å²) < 4.78 is 5.36. The van der Waals surface area contributed by atoms with Crippen LogP contribution < -0.4 is 26.8 Å². The van der Waals surface area contributed by atoms with Crippen molar-refractivity contribution in [1.82, 2.24) is 5.32 Å². The fraction of sp³-hybridized carbons (Fsp3) is 0.471. The highest BCUT2D eigenvalue weighted by atomic mass is 35.5. The molecule has 0 bridgehead atoms. The van der Waals surface area contributed by atoms with Crippen molar-refractivity contribution in [3.63, 3.8) is 0 Å². The van der Waals surface area contributed by atoms with Gasteiger partial charge in [0.2, 0.25) is 0 Å². The minimum absolute atomic E-state index is 0.216. The second kappa shape index (κ2) is 7.01. The number of rotatable bonds is 3. The Morgan fingerprint density at radius 1 is 1.29 bits per heavy atom. The Morgan fingerprint density at radius 2 is 2.00 bits per heavy atom. The summed E-state index contributed by atoms with van der Waals surface area (Å²) in [5.74, 6) is 0.600. The van der Waals surface area contributed by atoms with E-state index in [0.717, 1.165) is 37.1 Å². The van der Waals surface area contributed by atoms with Crippen molar-refractivity contribution in [3.05, 3.63) is 35.5 Å². The number of benzene rings is 1. The van der Waals surface area contributed by atoms with E-state index < -0.39 is 5.79 Å². The van der Waals surface area contributed by atoms with Crippen LogP contribution in [0.5, 0.6) is 5.75 Å². The Kier molecular flexibility index (Phi) is 4.99. The third-order valence-electron chi connectivity index (χ3n) is 4.71. The van der Waals surface area contributed by atoms with Gasteiger partial charge in [0.05, 0.1) is 17.8 Å². The number of para-hydroxylation sites is 2. The molecule has 1 aliphatic carbocycles. The first-order valence-corrected chi connectivity index (χ1v) is 8.57. The SMILES string of the molecule is COc1ccccc1NC1=NC(N)([C@H]2CC[C@H](N)CC2)NC=C1Cl. The van der Waals surface area contributed by atoms with E-state index in [4.69, 9.17) is 27.8 Å². The predicted octanol–water partition coefficient (Wildman–Crippen LogP) is 2.32. The molecule has 6 nitrogen and oxygen atoms in total. The maximum absolute atomic E-state index is 6.54. The molecule has 0 saturated heterocycles. The van der Waals surface area contributed by atoms with Crippen LogP contribution in [0.25, 0.3) is 0 Å². The Hall–Kier alpha value is -1.76. The van der Waals surface area contributed by atoms with Crippen molar-refractivity contribution in [2.24, 2.45) is 22.4 Å². The van der Waals surface area contributed by atoms with Crippen LogP contribution in [0.2, 0.25) is 0 Å². The number of halogens is 1. The number of methoxy groups -OCH3 is 1. The van der Waals surface area contributed by atoms with Crippen molar-refractivity contribution in [3.8, 4) is 5.75 Å². The molecular weight excluding hydrogens is 326 g/mol. The number of hydrogen-bond acceptors (Lipinski definition) is 6. The van der Waals surface area contributed by atoms with Crippen LogP contribution in [-0.4, -0.2) is 24.8 Å². The van der Waals surface area contributed by atoms with E-state index in [1.54, 1.807) is 13.3 Å². The average molecular weight is 350 g/mol. The Morgan fingerprint density at radius 3 is 2.71 bits per heavy atom. The lowest BCUT2D eigenvalue weighted by Crippen LogP contribution is -2.59. The topological polar surface area (TPSA) is 97.7 Å². The fourth-order valence-electron chi connectivity index (χ4n) is 3.25. The summed E-state index contributed by atoms with van der Waals surface area (Å²) in [6.45, 7) is 0. The van der Waals surface area contributed by atoms with Crippen LogP contribution in [0.15, 0.2) is 40.5 Å².